The molecule has 1 saturated heterocycles. The molecule has 0 spiro atoms. The molecule has 2 unspecified atom stereocenters. The molecule has 5 rings (SSSR count). The zero-order chi connectivity index (χ0) is 28.4. The van der Waals surface area contributed by atoms with E-state index in [9.17, 15) is 4.79 Å². The van der Waals surface area contributed by atoms with Crippen LogP contribution in [0.5, 0.6) is 17.2 Å². The molecule has 11 heteroatoms. The summed E-state index contributed by atoms with van der Waals surface area (Å²) in [5.41, 5.74) is 9.07. The molecule has 1 fully saturated rings. The summed E-state index contributed by atoms with van der Waals surface area (Å²) in [6.07, 6.45) is 3.82. The number of ether oxygens (including phenoxy) is 4. The lowest BCUT2D eigenvalue weighted by molar-refractivity contribution is -0.162. The maximum atomic E-state index is 13.8. The largest absolute Gasteiger partial charge is 0.493 e. The summed E-state index contributed by atoms with van der Waals surface area (Å²) in [5.74, 6) is 2.67. The maximum absolute atomic E-state index is 13.8. The Morgan fingerprint density at radius 1 is 1.02 bits per heavy atom. The molecular formula is C30H38ClN5O5. The molecule has 2 N–H and O–H groups in total. The van der Waals surface area contributed by atoms with Crippen LogP contribution in [-0.2, 0) is 9.53 Å². The first kappa shape index (κ1) is 30.2. The van der Waals surface area contributed by atoms with Crippen LogP contribution in [0, 0.1) is 0 Å². The third kappa shape index (κ3) is 5.85. The number of nitrogen functional groups attached to an aromatic ring is 1. The standard InChI is InChI=1S/C30H37N5O5.ClH/c1-18(2)19-10-6-9-13-24(19)40-29(39-5)28(36)34-14-15-35(23-12-8-7-11-22(23)34)30-32-21-17-26(38-4)25(37-3)16-20(21)27(31)33-30;/h6,9-10,12-13,16-18,22,29H,7-8,11,14-15H2,1-5H3,(H2,31,32,33);1H. The van der Waals surface area contributed by atoms with Crippen LogP contribution >= 0.6 is 12.4 Å². The average Bonchev–Trinajstić information content (AvgIpc) is 2.98. The van der Waals surface area contributed by atoms with E-state index in [1.807, 2.05) is 29.2 Å². The Morgan fingerprint density at radius 2 is 1.76 bits per heavy atom. The van der Waals surface area contributed by atoms with Crippen molar-refractivity contribution in [3.63, 3.8) is 0 Å². The minimum atomic E-state index is -1.05. The zero-order valence-electron chi connectivity index (χ0n) is 24.1. The number of hydrogen-bond donors (Lipinski definition) is 1. The van der Waals surface area contributed by atoms with E-state index >= 15 is 0 Å². The second kappa shape index (κ2) is 12.8. The molecule has 1 aliphatic carbocycles. The van der Waals surface area contributed by atoms with Gasteiger partial charge in [-0.2, -0.15) is 4.98 Å². The minimum Gasteiger partial charge on any atom is -0.493 e. The Morgan fingerprint density at radius 3 is 2.46 bits per heavy atom. The monoisotopic (exact) mass is 583 g/mol. The molecule has 0 bridgehead atoms. The summed E-state index contributed by atoms with van der Waals surface area (Å²) in [7, 11) is 4.67. The van der Waals surface area contributed by atoms with Crippen LogP contribution in [0.25, 0.3) is 10.9 Å². The molecule has 1 aromatic heterocycles. The number of nitrogens with zero attached hydrogens (tertiary/aromatic N) is 4. The number of fused-ring (bicyclic) bond motifs is 2. The number of benzene rings is 2. The van der Waals surface area contributed by atoms with E-state index in [1.54, 1.807) is 26.4 Å². The van der Waals surface area contributed by atoms with Crippen LogP contribution < -0.4 is 24.8 Å². The van der Waals surface area contributed by atoms with Gasteiger partial charge in [-0.1, -0.05) is 38.1 Å². The van der Waals surface area contributed by atoms with Crippen LogP contribution in [0.4, 0.5) is 11.8 Å². The van der Waals surface area contributed by atoms with Gasteiger partial charge in [0.15, 0.2) is 11.5 Å². The fourth-order valence-corrected chi connectivity index (χ4v) is 5.52. The normalized spacial score (nSPS) is 17.4. The van der Waals surface area contributed by atoms with Crippen molar-refractivity contribution in [2.24, 2.45) is 0 Å². The van der Waals surface area contributed by atoms with Crippen LogP contribution in [0.2, 0.25) is 0 Å². The Balaban J connectivity index is 0.00000387. The number of methoxy groups -OCH3 is 3. The highest BCUT2D eigenvalue weighted by Gasteiger charge is 2.40. The summed E-state index contributed by atoms with van der Waals surface area (Å²) in [6.45, 7) is 5.16. The number of amides is 1. The molecule has 0 saturated carbocycles. The predicted molar refractivity (Wildman–Crippen MR) is 161 cm³/mol. The predicted octanol–water partition coefficient (Wildman–Crippen LogP) is 4.91. The van der Waals surface area contributed by atoms with Crippen LogP contribution in [-0.4, -0.2) is 67.5 Å². The second-order valence-corrected chi connectivity index (χ2v) is 10.3. The average molecular weight is 584 g/mol. The number of rotatable bonds is 8. The molecule has 41 heavy (non-hydrogen) atoms. The van der Waals surface area contributed by atoms with Crippen LogP contribution in [0.1, 0.15) is 44.6 Å². The molecule has 1 amide bonds. The van der Waals surface area contributed by atoms with Crippen LogP contribution in [0.15, 0.2) is 48.2 Å². The quantitative estimate of drug-likeness (QED) is 0.370. The first-order valence-electron chi connectivity index (χ1n) is 13.6. The summed E-state index contributed by atoms with van der Waals surface area (Å²) < 4.78 is 22.6. The van der Waals surface area contributed by atoms with Gasteiger partial charge in [0, 0.05) is 37.3 Å². The van der Waals surface area contributed by atoms with E-state index in [0.29, 0.717) is 53.0 Å². The van der Waals surface area contributed by atoms with Gasteiger partial charge in [0.2, 0.25) is 5.95 Å². The van der Waals surface area contributed by atoms with Crippen molar-refractivity contribution in [3.8, 4) is 17.2 Å². The summed E-state index contributed by atoms with van der Waals surface area (Å²) in [4.78, 5) is 27.3. The van der Waals surface area contributed by atoms with Crippen molar-refractivity contribution in [1.29, 1.82) is 0 Å². The highest BCUT2D eigenvalue weighted by atomic mass is 35.5. The van der Waals surface area contributed by atoms with E-state index < -0.39 is 6.29 Å². The summed E-state index contributed by atoms with van der Waals surface area (Å²) in [5, 5.41) is 0.686. The van der Waals surface area contributed by atoms with Crippen molar-refractivity contribution in [1.82, 2.24) is 14.9 Å². The molecular weight excluding hydrogens is 546 g/mol. The number of para-hydroxylation sites is 1. The number of carbonyl (C=O) groups is 1. The lowest BCUT2D eigenvalue weighted by atomic mass is 9.94. The number of aromatic nitrogens is 2. The molecule has 2 heterocycles. The van der Waals surface area contributed by atoms with E-state index in [4.69, 9.17) is 29.7 Å². The van der Waals surface area contributed by atoms with E-state index in [0.717, 1.165) is 30.5 Å². The second-order valence-electron chi connectivity index (χ2n) is 10.3. The van der Waals surface area contributed by atoms with Gasteiger partial charge in [0.25, 0.3) is 12.2 Å². The van der Waals surface area contributed by atoms with Gasteiger partial charge in [-0.15, -0.1) is 12.4 Å². The number of piperazine rings is 1. The van der Waals surface area contributed by atoms with E-state index in [2.05, 4.69) is 29.8 Å². The lowest BCUT2D eigenvalue weighted by Gasteiger charge is -2.45. The Kier molecular flexibility index (Phi) is 9.45. The molecule has 0 radical (unpaired) electrons. The molecule has 2 aromatic carbocycles. The Bertz CT molecular complexity index is 1430. The SMILES string of the molecule is COc1cc2nc(N3CCN(C(=O)C(OC)Oc4ccccc4C(C)C)C4CCCC=C43)nc(N)c2cc1OC.Cl. The number of carbonyl (C=O) groups excluding carboxylic acids is 1. The number of hydrogen-bond acceptors (Lipinski definition) is 9. The van der Waals surface area contributed by atoms with Gasteiger partial charge in [-0.05, 0) is 42.9 Å². The maximum Gasteiger partial charge on any atom is 0.292 e. The van der Waals surface area contributed by atoms with Crippen molar-refractivity contribution in [2.45, 2.75) is 51.4 Å². The van der Waals surface area contributed by atoms with E-state index in [-0.39, 0.29) is 30.3 Å². The zero-order valence-corrected chi connectivity index (χ0v) is 24.9. The first-order valence-corrected chi connectivity index (χ1v) is 13.6. The summed E-state index contributed by atoms with van der Waals surface area (Å²) in [6, 6.07) is 11.2. The molecule has 1 aliphatic heterocycles. The number of nitrogens with two attached hydrogens (primary N) is 1. The highest BCUT2D eigenvalue weighted by Crippen LogP contribution is 2.37. The first-order chi connectivity index (χ1) is 19.4. The van der Waals surface area contributed by atoms with Gasteiger partial charge in [0.05, 0.1) is 25.8 Å². The van der Waals surface area contributed by atoms with Crippen molar-refractivity contribution >= 4 is 41.0 Å². The number of anilines is 2. The smallest absolute Gasteiger partial charge is 0.292 e. The van der Waals surface area contributed by atoms with E-state index in [1.165, 1.54) is 7.11 Å². The lowest BCUT2D eigenvalue weighted by Crippen LogP contribution is -2.58. The molecule has 2 atom stereocenters. The van der Waals surface area contributed by atoms with Gasteiger partial charge >= 0.3 is 0 Å². The van der Waals surface area contributed by atoms with Crippen molar-refractivity contribution in [3.05, 3.63) is 53.7 Å². The van der Waals surface area contributed by atoms with Gasteiger partial charge in [-0.25, -0.2) is 4.98 Å². The molecule has 3 aromatic rings. The van der Waals surface area contributed by atoms with Crippen molar-refractivity contribution in [2.75, 3.05) is 45.1 Å². The molecule has 10 nitrogen and oxygen atoms in total. The van der Waals surface area contributed by atoms with Gasteiger partial charge in [0.1, 0.15) is 11.6 Å². The number of halogens is 1. The third-order valence-corrected chi connectivity index (χ3v) is 7.56. The fraction of sp³-hybridized carbons (Fsp3) is 0.433. The molecule has 2 aliphatic rings. The van der Waals surface area contributed by atoms with Crippen molar-refractivity contribution < 1.29 is 23.7 Å². The fourth-order valence-electron chi connectivity index (χ4n) is 5.52. The summed E-state index contributed by atoms with van der Waals surface area (Å²) >= 11 is 0. The Labute approximate surface area is 246 Å². The van der Waals surface area contributed by atoms with Crippen LogP contribution in [0.3, 0.4) is 0 Å². The number of allylic oxidation sites excluding steroid dienone is 1. The molecule has 220 valence electrons. The van der Waals surface area contributed by atoms with Gasteiger partial charge in [-0.3, -0.25) is 4.79 Å². The highest BCUT2D eigenvalue weighted by molar-refractivity contribution is 5.92. The third-order valence-electron chi connectivity index (χ3n) is 7.56. The Hall–Kier alpha value is -3.76. The topological polar surface area (TPSA) is 112 Å². The minimum absolute atomic E-state index is 0. The van der Waals surface area contributed by atoms with Gasteiger partial charge < -0.3 is 34.5 Å².